The molecule has 2 saturated heterocycles. The van der Waals surface area contributed by atoms with Crippen LogP contribution in [0.4, 0.5) is 5.82 Å². The van der Waals surface area contributed by atoms with Crippen LogP contribution in [0.2, 0.25) is 0 Å². The van der Waals surface area contributed by atoms with E-state index >= 15 is 0 Å². The van der Waals surface area contributed by atoms with Crippen molar-refractivity contribution in [1.29, 1.82) is 0 Å². The number of rotatable bonds is 5. The summed E-state index contributed by atoms with van der Waals surface area (Å²) in [7, 11) is 0. The third kappa shape index (κ3) is 5.14. The number of nitrogens with zero attached hydrogens (tertiary/aromatic N) is 8. The SMILES string of the molecule is Cc1c(C(=O)N2CCC(c3nc(C(=O)N4CCN(c5cnccn5)CC4)cs3)CC2)cnn1-c1ccccc1. The van der Waals surface area contributed by atoms with Crippen molar-refractivity contribution in [3.05, 3.63) is 82.5 Å². The first-order valence-corrected chi connectivity index (χ1v) is 14.1. The lowest BCUT2D eigenvalue weighted by Gasteiger charge is -2.34. The molecule has 10 nitrogen and oxygen atoms in total. The average Bonchev–Trinajstić information content (AvgIpc) is 3.65. The Labute approximate surface area is 230 Å². The van der Waals surface area contributed by atoms with Crippen molar-refractivity contribution >= 4 is 29.0 Å². The molecule has 5 heterocycles. The minimum absolute atomic E-state index is 0.0174. The van der Waals surface area contributed by atoms with Crippen molar-refractivity contribution in [2.24, 2.45) is 0 Å². The van der Waals surface area contributed by atoms with Crippen molar-refractivity contribution in [2.45, 2.75) is 25.7 Å². The average molecular weight is 543 g/mol. The zero-order valence-electron chi connectivity index (χ0n) is 21.8. The van der Waals surface area contributed by atoms with Gasteiger partial charge in [0, 0.05) is 63.0 Å². The summed E-state index contributed by atoms with van der Waals surface area (Å²) in [4.78, 5) is 45.6. The largest absolute Gasteiger partial charge is 0.352 e. The van der Waals surface area contributed by atoms with Gasteiger partial charge in [0.05, 0.1) is 34.3 Å². The Bertz CT molecular complexity index is 1440. The van der Waals surface area contributed by atoms with Gasteiger partial charge in [-0.1, -0.05) is 18.2 Å². The zero-order chi connectivity index (χ0) is 26.8. The summed E-state index contributed by atoms with van der Waals surface area (Å²) in [5.41, 5.74) is 2.94. The molecule has 0 saturated carbocycles. The number of amides is 2. The maximum absolute atomic E-state index is 13.3. The summed E-state index contributed by atoms with van der Waals surface area (Å²) in [6, 6.07) is 9.84. The molecule has 39 heavy (non-hydrogen) atoms. The Hall–Kier alpha value is -4.12. The molecule has 4 aromatic rings. The van der Waals surface area contributed by atoms with Gasteiger partial charge in [0.2, 0.25) is 0 Å². The fraction of sp³-hybridized carbons (Fsp3) is 0.357. The van der Waals surface area contributed by atoms with Crippen LogP contribution < -0.4 is 4.90 Å². The van der Waals surface area contributed by atoms with Gasteiger partial charge in [-0.3, -0.25) is 14.6 Å². The molecule has 6 rings (SSSR count). The van der Waals surface area contributed by atoms with E-state index in [4.69, 9.17) is 4.98 Å². The minimum atomic E-state index is -0.0187. The number of para-hydroxylation sites is 1. The van der Waals surface area contributed by atoms with Gasteiger partial charge in [0.1, 0.15) is 11.5 Å². The molecule has 0 unspecified atom stereocenters. The summed E-state index contributed by atoms with van der Waals surface area (Å²) < 4.78 is 1.81. The molecule has 200 valence electrons. The van der Waals surface area contributed by atoms with E-state index in [-0.39, 0.29) is 17.7 Å². The van der Waals surface area contributed by atoms with Crippen LogP contribution >= 0.6 is 11.3 Å². The first kappa shape index (κ1) is 25.2. The Kier molecular flexibility index (Phi) is 7.06. The van der Waals surface area contributed by atoms with Crippen molar-refractivity contribution in [1.82, 2.24) is 34.5 Å². The number of hydrogen-bond acceptors (Lipinski definition) is 8. The first-order chi connectivity index (χ1) is 19.1. The number of piperazine rings is 1. The maximum Gasteiger partial charge on any atom is 0.273 e. The summed E-state index contributed by atoms with van der Waals surface area (Å²) in [6.07, 6.45) is 8.42. The molecule has 0 bridgehead atoms. The fourth-order valence-corrected chi connectivity index (χ4v) is 6.24. The zero-order valence-corrected chi connectivity index (χ0v) is 22.6. The van der Waals surface area contributed by atoms with Crippen molar-refractivity contribution in [3.63, 3.8) is 0 Å². The molecular weight excluding hydrogens is 512 g/mol. The van der Waals surface area contributed by atoms with Crippen LogP contribution in [0, 0.1) is 6.92 Å². The predicted molar refractivity (Wildman–Crippen MR) is 148 cm³/mol. The molecule has 3 aromatic heterocycles. The normalized spacial score (nSPS) is 16.5. The molecule has 0 radical (unpaired) electrons. The first-order valence-electron chi connectivity index (χ1n) is 13.2. The van der Waals surface area contributed by atoms with E-state index in [0.29, 0.717) is 37.4 Å². The summed E-state index contributed by atoms with van der Waals surface area (Å²) in [5, 5.41) is 7.32. The van der Waals surface area contributed by atoms with Crippen molar-refractivity contribution < 1.29 is 9.59 Å². The van der Waals surface area contributed by atoms with E-state index in [1.165, 1.54) is 0 Å². The third-order valence-electron chi connectivity index (χ3n) is 7.55. The number of benzene rings is 1. The highest BCUT2D eigenvalue weighted by atomic mass is 32.1. The number of anilines is 1. The van der Waals surface area contributed by atoms with Crippen LogP contribution in [0.1, 0.15) is 50.3 Å². The van der Waals surface area contributed by atoms with Gasteiger partial charge in [-0.15, -0.1) is 11.3 Å². The number of piperidine rings is 1. The molecule has 2 fully saturated rings. The van der Waals surface area contributed by atoms with Crippen LogP contribution in [-0.4, -0.2) is 85.6 Å². The molecular formula is C28H30N8O2S. The summed E-state index contributed by atoms with van der Waals surface area (Å²) in [5.74, 6) is 1.09. The van der Waals surface area contributed by atoms with Crippen LogP contribution in [-0.2, 0) is 0 Å². The second-order valence-corrected chi connectivity index (χ2v) is 10.8. The maximum atomic E-state index is 13.3. The predicted octanol–water partition coefficient (Wildman–Crippen LogP) is 3.41. The quantitative estimate of drug-likeness (QED) is 0.381. The molecule has 2 amide bonds. The number of carbonyl (C=O) groups is 2. The molecule has 11 heteroatoms. The Morgan fingerprint density at radius 1 is 0.897 bits per heavy atom. The lowest BCUT2D eigenvalue weighted by molar-refractivity contribution is 0.0712. The second kappa shape index (κ2) is 10.9. The lowest BCUT2D eigenvalue weighted by atomic mass is 9.97. The van der Waals surface area contributed by atoms with Crippen LogP contribution in [0.5, 0.6) is 0 Å². The Morgan fingerprint density at radius 3 is 2.36 bits per heavy atom. The molecule has 0 N–H and O–H groups in total. The molecule has 1 aromatic carbocycles. The standard InChI is InChI=1S/C28H30N8O2S/c1-20-23(17-31-36(20)22-5-3-2-4-6-22)27(37)34-11-7-21(8-12-34)26-32-24(19-39-26)28(38)35-15-13-33(14-16-35)25-18-29-9-10-30-25/h2-6,9-10,17-19,21H,7-8,11-16H2,1H3. The Balaban J connectivity index is 1.04. The van der Waals surface area contributed by atoms with Gasteiger partial charge in [0.15, 0.2) is 0 Å². The van der Waals surface area contributed by atoms with Crippen molar-refractivity contribution in [2.75, 3.05) is 44.2 Å². The van der Waals surface area contributed by atoms with Gasteiger partial charge < -0.3 is 14.7 Å². The number of aromatic nitrogens is 5. The van der Waals surface area contributed by atoms with Gasteiger partial charge in [-0.2, -0.15) is 5.10 Å². The highest BCUT2D eigenvalue weighted by molar-refractivity contribution is 7.09. The molecule has 0 spiro atoms. The van der Waals surface area contributed by atoms with E-state index in [1.54, 1.807) is 36.1 Å². The van der Waals surface area contributed by atoms with E-state index in [9.17, 15) is 9.59 Å². The van der Waals surface area contributed by atoms with E-state index in [0.717, 1.165) is 48.1 Å². The topological polar surface area (TPSA) is 100 Å². The van der Waals surface area contributed by atoms with Gasteiger partial charge in [-0.25, -0.2) is 14.6 Å². The van der Waals surface area contributed by atoms with E-state index in [1.807, 2.05) is 57.1 Å². The summed E-state index contributed by atoms with van der Waals surface area (Å²) >= 11 is 1.55. The number of thiazole rings is 1. The highest BCUT2D eigenvalue weighted by Crippen LogP contribution is 2.31. The minimum Gasteiger partial charge on any atom is -0.352 e. The summed E-state index contributed by atoms with van der Waals surface area (Å²) in [6.45, 7) is 5.95. The molecule has 0 atom stereocenters. The number of likely N-dealkylation sites (tertiary alicyclic amines) is 1. The van der Waals surface area contributed by atoms with Crippen molar-refractivity contribution in [3.8, 4) is 5.69 Å². The fourth-order valence-electron chi connectivity index (χ4n) is 5.28. The van der Waals surface area contributed by atoms with Crippen LogP contribution in [0.3, 0.4) is 0 Å². The third-order valence-corrected chi connectivity index (χ3v) is 8.56. The van der Waals surface area contributed by atoms with Crippen LogP contribution in [0.15, 0.2) is 60.5 Å². The van der Waals surface area contributed by atoms with Crippen LogP contribution in [0.25, 0.3) is 5.69 Å². The van der Waals surface area contributed by atoms with E-state index in [2.05, 4.69) is 20.0 Å². The monoisotopic (exact) mass is 542 g/mol. The van der Waals surface area contributed by atoms with E-state index < -0.39 is 0 Å². The molecule has 0 aliphatic carbocycles. The molecule has 2 aliphatic heterocycles. The smallest absolute Gasteiger partial charge is 0.273 e. The highest BCUT2D eigenvalue weighted by Gasteiger charge is 2.30. The van der Waals surface area contributed by atoms with Gasteiger partial charge in [0.25, 0.3) is 11.8 Å². The Morgan fingerprint density at radius 2 is 1.64 bits per heavy atom. The number of carbonyl (C=O) groups excluding carboxylic acids is 2. The lowest BCUT2D eigenvalue weighted by Crippen LogP contribution is -2.49. The van der Waals surface area contributed by atoms with Gasteiger partial charge in [-0.05, 0) is 31.9 Å². The second-order valence-electron chi connectivity index (χ2n) is 9.87. The van der Waals surface area contributed by atoms with Gasteiger partial charge >= 0.3 is 0 Å². The molecule has 2 aliphatic rings. The number of hydrogen-bond donors (Lipinski definition) is 0.